The smallest absolute Gasteiger partial charge is 0.318 e. The summed E-state index contributed by atoms with van der Waals surface area (Å²) in [6, 6.07) is 5.59. The number of hydrogen-bond acceptors (Lipinski definition) is 7. The van der Waals surface area contributed by atoms with Crippen LogP contribution in [0.1, 0.15) is 5.69 Å². The van der Waals surface area contributed by atoms with Crippen LogP contribution in [0.3, 0.4) is 0 Å². The van der Waals surface area contributed by atoms with E-state index in [1.165, 1.54) is 51.7 Å². The van der Waals surface area contributed by atoms with Crippen molar-refractivity contribution in [3.05, 3.63) is 48.2 Å². The Morgan fingerprint density at radius 3 is 2.92 bits per heavy atom. The molecule has 0 aliphatic rings. The Balaban J connectivity index is 1.73. The summed E-state index contributed by atoms with van der Waals surface area (Å²) < 4.78 is 36.4. The molecule has 25 heavy (non-hydrogen) atoms. The number of nitrogens with two attached hydrogens (primary N) is 1. The highest BCUT2D eigenvalue weighted by atomic mass is 127. The van der Waals surface area contributed by atoms with E-state index in [0.717, 1.165) is 6.07 Å². The monoisotopic (exact) mass is 460 g/mol. The van der Waals surface area contributed by atoms with Gasteiger partial charge < -0.3 is 15.2 Å². The lowest BCUT2D eigenvalue weighted by molar-refractivity contribution is 0.164. The Labute approximate surface area is 154 Å². The molecule has 3 aromatic rings. The van der Waals surface area contributed by atoms with Gasteiger partial charge in [0.05, 0.1) is 11.9 Å². The lowest BCUT2D eigenvalue weighted by Gasteiger charge is -2.08. The van der Waals surface area contributed by atoms with Crippen LogP contribution in [-0.2, 0) is 6.61 Å². The summed E-state index contributed by atoms with van der Waals surface area (Å²) in [5.74, 6) is -0.611. The van der Waals surface area contributed by atoms with E-state index in [9.17, 15) is 8.78 Å². The minimum Gasteiger partial charge on any atom is -0.457 e. The molecule has 1 atom stereocenters. The lowest BCUT2D eigenvalue weighted by atomic mass is 10.3. The van der Waals surface area contributed by atoms with E-state index >= 15 is 0 Å². The van der Waals surface area contributed by atoms with Crippen molar-refractivity contribution in [2.75, 3.05) is 5.73 Å². The normalized spacial score (nSPS) is 12.0. The molecule has 11 heteroatoms. The molecule has 2 N–H and O–H groups in total. The summed E-state index contributed by atoms with van der Waals surface area (Å²) >= 11 is 1.38. The zero-order valence-electron chi connectivity index (χ0n) is 12.5. The largest absolute Gasteiger partial charge is 0.457 e. The number of ether oxygens (including phenoxy) is 2. The average molecular weight is 460 g/mol. The minimum absolute atomic E-state index is 0.0638. The molecule has 130 valence electrons. The van der Waals surface area contributed by atoms with Gasteiger partial charge in [0.1, 0.15) is 18.1 Å². The van der Waals surface area contributed by atoms with Gasteiger partial charge >= 0.3 is 6.01 Å². The molecule has 1 aromatic carbocycles. The van der Waals surface area contributed by atoms with Crippen molar-refractivity contribution in [3.8, 4) is 17.4 Å². The number of aromatic nitrogens is 5. The molecule has 0 radical (unpaired) electrons. The molecule has 2 heterocycles. The van der Waals surface area contributed by atoms with Crippen LogP contribution in [0.2, 0.25) is 0 Å². The number of anilines is 1. The van der Waals surface area contributed by atoms with Gasteiger partial charge in [-0.3, -0.25) is 0 Å². The Morgan fingerprint density at radius 2 is 2.16 bits per heavy atom. The fourth-order valence-electron chi connectivity index (χ4n) is 1.87. The van der Waals surface area contributed by atoms with Crippen LogP contribution in [0.25, 0.3) is 5.69 Å². The minimum atomic E-state index is -1.67. The molecule has 0 fully saturated rings. The maximum absolute atomic E-state index is 13.6. The van der Waals surface area contributed by atoms with Crippen molar-refractivity contribution in [1.82, 2.24) is 25.0 Å². The number of hydrogen-bond donors (Lipinski definition) is 1. The van der Waals surface area contributed by atoms with Gasteiger partial charge in [-0.25, -0.2) is 14.1 Å². The van der Waals surface area contributed by atoms with E-state index in [-0.39, 0.29) is 24.2 Å². The van der Waals surface area contributed by atoms with Crippen molar-refractivity contribution in [3.63, 3.8) is 0 Å². The zero-order valence-corrected chi connectivity index (χ0v) is 14.7. The average Bonchev–Trinajstić information content (AvgIpc) is 3.04. The molecule has 0 aliphatic carbocycles. The standard InChI is InChI=1S/C14H11F2IN6O2/c15-10-2-1-9(5-11(10)25-13(16)17)23-6-8(21-22-23)7-24-14-19-4-3-12(18)20-14/h1-6,13H,7H2,(H2,18,19,20). The Hall–Kier alpha value is -2.57. The Kier molecular flexibility index (Phi) is 5.21. The quantitative estimate of drug-likeness (QED) is 0.446. The van der Waals surface area contributed by atoms with Crippen molar-refractivity contribution >= 4 is 28.4 Å². The highest BCUT2D eigenvalue weighted by Crippen LogP contribution is 2.23. The molecule has 0 aliphatic heterocycles. The number of rotatable bonds is 6. The fourth-order valence-corrected chi connectivity index (χ4v) is 2.15. The maximum Gasteiger partial charge on any atom is 0.318 e. The molecule has 0 saturated heterocycles. The number of halogens is 3. The third kappa shape index (κ3) is 4.49. The van der Waals surface area contributed by atoms with Crippen LogP contribution in [0.5, 0.6) is 11.8 Å². The first-order chi connectivity index (χ1) is 12.0. The van der Waals surface area contributed by atoms with Crippen LogP contribution in [-0.4, -0.2) is 29.3 Å². The SMILES string of the molecule is Nc1ccnc(OCc2cn(-c3ccc(F)c(OC(F)I)c3)nn2)n1. The predicted octanol–water partition coefficient (Wildman–Crippen LogP) is 2.42. The predicted molar refractivity (Wildman–Crippen MR) is 91.6 cm³/mol. The maximum atomic E-state index is 13.6. The van der Waals surface area contributed by atoms with Gasteiger partial charge in [-0.1, -0.05) is 5.21 Å². The van der Waals surface area contributed by atoms with Crippen LogP contribution in [0.4, 0.5) is 14.6 Å². The number of alkyl halides is 2. The van der Waals surface area contributed by atoms with E-state index in [2.05, 4.69) is 20.3 Å². The van der Waals surface area contributed by atoms with Crippen LogP contribution in [0, 0.1) is 5.82 Å². The second-order valence-electron chi connectivity index (χ2n) is 4.70. The summed E-state index contributed by atoms with van der Waals surface area (Å²) in [6.07, 6.45) is 3.04. The molecule has 3 rings (SSSR count). The molecule has 8 nitrogen and oxygen atoms in total. The van der Waals surface area contributed by atoms with E-state index in [4.69, 9.17) is 15.2 Å². The van der Waals surface area contributed by atoms with Crippen molar-refractivity contribution in [1.29, 1.82) is 0 Å². The van der Waals surface area contributed by atoms with Gasteiger partial charge in [-0.05, 0) is 18.2 Å². The number of benzene rings is 1. The summed E-state index contributed by atoms with van der Waals surface area (Å²) in [6.45, 7) is 0.0638. The van der Waals surface area contributed by atoms with Crippen LogP contribution in [0.15, 0.2) is 36.7 Å². The zero-order chi connectivity index (χ0) is 17.8. The van der Waals surface area contributed by atoms with Crippen LogP contribution >= 0.6 is 22.6 Å². The highest BCUT2D eigenvalue weighted by Gasteiger charge is 2.12. The molecular formula is C14H11F2IN6O2. The third-order valence-corrected chi connectivity index (χ3v) is 3.19. The summed E-state index contributed by atoms with van der Waals surface area (Å²) in [7, 11) is 0. The molecular weight excluding hydrogens is 449 g/mol. The lowest BCUT2D eigenvalue weighted by Crippen LogP contribution is -2.03. The second-order valence-corrected chi connectivity index (χ2v) is 5.68. The molecule has 0 bridgehead atoms. The second kappa shape index (κ2) is 7.55. The summed E-state index contributed by atoms with van der Waals surface area (Å²) in [4.78, 5) is 7.80. The third-order valence-electron chi connectivity index (χ3n) is 2.94. The molecule has 2 aromatic heterocycles. The van der Waals surface area contributed by atoms with E-state index in [1.54, 1.807) is 6.20 Å². The summed E-state index contributed by atoms with van der Waals surface area (Å²) in [5, 5.41) is 7.85. The Morgan fingerprint density at radius 1 is 1.32 bits per heavy atom. The molecule has 1 unspecified atom stereocenters. The molecule has 0 amide bonds. The topological polar surface area (TPSA) is 101 Å². The van der Waals surface area contributed by atoms with Crippen LogP contribution < -0.4 is 15.2 Å². The molecule has 0 spiro atoms. The van der Waals surface area contributed by atoms with Crippen molar-refractivity contribution in [2.24, 2.45) is 0 Å². The molecule has 0 saturated carbocycles. The first kappa shape index (κ1) is 17.3. The van der Waals surface area contributed by atoms with Gasteiger partial charge in [0, 0.05) is 34.9 Å². The van der Waals surface area contributed by atoms with Gasteiger partial charge in [-0.15, -0.1) is 5.10 Å². The fraction of sp³-hybridized carbons (Fsp3) is 0.143. The van der Waals surface area contributed by atoms with Crippen molar-refractivity contribution < 1.29 is 18.3 Å². The van der Waals surface area contributed by atoms with Gasteiger partial charge in [0.25, 0.3) is 4.36 Å². The number of nitrogen functional groups attached to an aromatic ring is 1. The van der Waals surface area contributed by atoms with Crippen molar-refractivity contribution in [2.45, 2.75) is 11.0 Å². The van der Waals surface area contributed by atoms with E-state index in [0.29, 0.717) is 11.4 Å². The first-order valence-electron chi connectivity index (χ1n) is 6.88. The number of nitrogens with zero attached hydrogens (tertiary/aromatic N) is 5. The Bertz CT molecular complexity index is 876. The van der Waals surface area contributed by atoms with Gasteiger partial charge in [0.15, 0.2) is 11.6 Å². The van der Waals surface area contributed by atoms with Gasteiger partial charge in [-0.2, -0.15) is 9.37 Å². The summed E-state index contributed by atoms with van der Waals surface area (Å²) in [5.41, 5.74) is 6.47. The van der Waals surface area contributed by atoms with E-state index in [1.807, 2.05) is 0 Å². The van der Waals surface area contributed by atoms with Gasteiger partial charge in [0.2, 0.25) is 0 Å². The van der Waals surface area contributed by atoms with E-state index < -0.39 is 10.2 Å². The highest BCUT2D eigenvalue weighted by molar-refractivity contribution is 14.1. The first-order valence-corrected chi connectivity index (χ1v) is 8.13.